The van der Waals surface area contributed by atoms with Gasteiger partial charge in [0.15, 0.2) is 0 Å². The predicted octanol–water partition coefficient (Wildman–Crippen LogP) is 0.554. The number of nitrogens with one attached hydrogen (secondary N) is 1. The van der Waals surface area contributed by atoms with Crippen LogP contribution in [-0.4, -0.2) is 74.2 Å². The van der Waals surface area contributed by atoms with Crippen LogP contribution in [0.3, 0.4) is 0 Å². The lowest BCUT2D eigenvalue weighted by Crippen LogP contribution is -2.57. The molecule has 1 aliphatic rings. The highest BCUT2D eigenvalue weighted by molar-refractivity contribution is 5.80. The van der Waals surface area contributed by atoms with Crippen molar-refractivity contribution in [2.24, 2.45) is 0 Å². The first-order chi connectivity index (χ1) is 8.92. The van der Waals surface area contributed by atoms with Gasteiger partial charge < -0.3 is 15.0 Å². The van der Waals surface area contributed by atoms with E-state index < -0.39 is 5.54 Å². The van der Waals surface area contributed by atoms with E-state index in [4.69, 9.17) is 4.74 Å². The van der Waals surface area contributed by atoms with Crippen LogP contribution in [0.4, 0.5) is 0 Å². The summed E-state index contributed by atoms with van der Waals surface area (Å²) in [6.07, 6.45) is 1.16. The van der Waals surface area contributed by atoms with Gasteiger partial charge >= 0.3 is 5.97 Å². The van der Waals surface area contributed by atoms with Crippen LogP contribution in [0.5, 0.6) is 0 Å². The molecule has 0 aromatic heterocycles. The summed E-state index contributed by atoms with van der Waals surface area (Å²) in [4.78, 5) is 16.7. The molecule has 0 aromatic rings. The molecule has 5 nitrogen and oxygen atoms in total. The fraction of sp³-hybridized carbons (Fsp3) is 0.929. The Morgan fingerprint density at radius 2 is 2.16 bits per heavy atom. The Hall–Kier alpha value is -0.650. The Labute approximate surface area is 117 Å². The summed E-state index contributed by atoms with van der Waals surface area (Å²) in [6, 6.07) is 0.591. The number of carbonyl (C=O) groups excluding carboxylic acids is 1. The lowest BCUT2D eigenvalue weighted by Gasteiger charge is -2.32. The largest absolute Gasteiger partial charge is 0.465 e. The SMILES string of the molecule is CCNC(C)(CN1CCC(N(C)C)C1)C(=O)OCC. The van der Waals surface area contributed by atoms with Gasteiger partial charge in [-0.15, -0.1) is 0 Å². The maximum absolute atomic E-state index is 12.1. The predicted molar refractivity (Wildman–Crippen MR) is 77.2 cm³/mol. The molecule has 0 radical (unpaired) electrons. The number of esters is 1. The second-order valence-electron chi connectivity index (χ2n) is 5.72. The molecule has 1 saturated heterocycles. The van der Waals surface area contributed by atoms with Crippen molar-refractivity contribution >= 4 is 5.97 Å². The number of hydrogen-bond acceptors (Lipinski definition) is 5. The molecule has 0 amide bonds. The molecule has 112 valence electrons. The first-order valence-corrected chi connectivity index (χ1v) is 7.24. The number of ether oxygens (including phenoxy) is 1. The minimum Gasteiger partial charge on any atom is -0.465 e. The molecule has 2 unspecified atom stereocenters. The van der Waals surface area contributed by atoms with Gasteiger partial charge in [0.25, 0.3) is 0 Å². The topological polar surface area (TPSA) is 44.8 Å². The molecule has 0 aromatic carbocycles. The minimum atomic E-state index is -0.605. The molecule has 19 heavy (non-hydrogen) atoms. The van der Waals surface area contributed by atoms with Crippen LogP contribution in [0.1, 0.15) is 27.2 Å². The molecule has 1 fully saturated rings. The quantitative estimate of drug-likeness (QED) is 0.685. The number of likely N-dealkylation sites (N-methyl/N-ethyl adjacent to an activating group) is 2. The summed E-state index contributed by atoms with van der Waals surface area (Å²) < 4.78 is 5.21. The Balaban J connectivity index is 2.61. The van der Waals surface area contributed by atoms with Crippen LogP contribution in [0.2, 0.25) is 0 Å². The summed E-state index contributed by atoms with van der Waals surface area (Å²) in [5.74, 6) is -0.148. The third-order valence-corrected chi connectivity index (χ3v) is 3.81. The molecule has 1 rings (SSSR count). The number of likely N-dealkylation sites (tertiary alicyclic amines) is 1. The van der Waals surface area contributed by atoms with Gasteiger partial charge in [0, 0.05) is 19.1 Å². The summed E-state index contributed by atoms with van der Waals surface area (Å²) >= 11 is 0. The van der Waals surface area contributed by atoms with Gasteiger partial charge in [0.1, 0.15) is 5.54 Å². The number of rotatable bonds is 7. The Morgan fingerprint density at radius 3 is 2.63 bits per heavy atom. The maximum atomic E-state index is 12.1. The summed E-state index contributed by atoms with van der Waals surface area (Å²) in [5.41, 5.74) is -0.605. The van der Waals surface area contributed by atoms with E-state index >= 15 is 0 Å². The molecule has 0 aliphatic carbocycles. The molecule has 0 bridgehead atoms. The molecular weight excluding hydrogens is 242 g/mol. The zero-order chi connectivity index (χ0) is 14.5. The fourth-order valence-electron chi connectivity index (χ4n) is 2.70. The van der Waals surface area contributed by atoms with Gasteiger partial charge in [-0.1, -0.05) is 6.92 Å². The van der Waals surface area contributed by atoms with Gasteiger partial charge in [-0.25, -0.2) is 0 Å². The standard InChI is InChI=1S/C14H29N3O2/c1-6-15-14(3,13(18)19-7-2)11-17-9-8-12(10-17)16(4)5/h12,15H,6-11H2,1-5H3. The van der Waals surface area contributed by atoms with Gasteiger partial charge in [-0.2, -0.15) is 0 Å². The van der Waals surface area contributed by atoms with Crippen molar-refractivity contribution in [2.75, 3.05) is 46.9 Å². The number of hydrogen-bond donors (Lipinski definition) is 1. The molecular formula is C14H29N3O2. The van der Waals surface area contributed by atoms with Crippen molar-refractivity contribution in [3.8, 4) is 0 Å². The fourth-order valence-corrected chi connectivity index (χ4v) is 2.70. The lowest BCUT2D eigenvalue weighted by atomic mass is 10.0. The normalized spacial score (nSPS) is 23.6. The molecule has 1 heterocycles. The van der Waals surface area contributed by atoms with Crippen molar-refractivity contribution in [2.45, 2.75) is 38.8 Å². The summed E-state index contributed by atoms with van der Waals surface area (Å²) in [5, 5.41) is 3.28. The van der Waals surface area contributed by atoms with Crippen LogP contribution in [0, 0.1) is 0 Å². The van der Waals surface area contributed by atoms with E-state index in [2.05, 4.69) is 29.2 Å². The molecule has 2 atom stereocenters. The monoisotopic (exact) mass is 271 g/mol. The molecule has 1 aliphatic heterocycles. The van der Waals surface area contributed by atoms with Crippen LogP contribution in [0.15, 0.2) is 0 Å². The van der Waals surface area contributed by atoms with Crippen LogP contribution < -0.4 is 5.32 Å². The molecule has 1 N–H and O–H groups in total. The van der Waals surface area contributed by atoms with E-state index in [9.17, 15) is 4.79 Å². The van der Waals surface area contributed by atoms with E-state index in [0.717, 1.165) is 26.1 Å². The Kier molecular flexibility index (Phi) is 6.23. The lowest BCUT2D eigenvalue weighted by molar-refractivity contribution is -0.151. The van der Waals surface area contributed by atoms with Crippen molar-refractivity contribution in [1.29, 1.82) is 0 Å². The Morgan fingerprint density at radius 1 is 1.47 bits per heavy atom. The van der Waals surface area contributed by atoms with Crippen LogP contribution in [0.25, 0.3) is 0 Å². The van der Waals surface area contributed by atoms with Crippen molar-refractivity contribution in [3.63, 3.8) is 0 Å². The van der Waals surface area contributed by atoms with Gasteiger partial charge in [0.05, 0.1) is 6.61 Å². The van der Waals surface area contributed by atoms with E-state index in [0.29, 0.717) is 19.2 Å². The first kappa shape index (κ1) is 16.4. The highest BCUT2D eigenvalue weighted by Gasteiger charge is 2.38. The van der Waals surface area contributed by atoms with Crippen molar-refractivity contribution in [3.05, 3.63) is 0 Å². The second-order valence-corrected chi connectivity index (χ2v) is 5.72. The van der Waals surface area contributed by atoms with E-state index in [1.807, 2.05) is 20.8 Å². The highest BCUT2D eigenvalue weighted by atomic mass is 16.5. The smallest absolute Gasteiger partial charge is 0.327 e. The van der Waals surface area contributed by atoms with E-state index in [-0.39, 0.29) is 5.97 Å². The zero-order valence-corrected chi connectivity index (χ0v) is 13.0. The number of nitrogens with zero attached hydrogens (tertiary/aromatic N) is 2. The number of carbonyl (C=O) groups is 1. The van der Waals surface area contributed by atoms with Gasteiger partial charge in [0.2, 0.25) is 0 Å². The van der Waals surface area contributed by atoms with Crippen LogP contribution in [-0.2, 0) is 9.53 Å². The molecule has 0 spiro atoms. The maximum Gasteiger partial charge on any atom is 0.327 e. The highest BCUT2D eigenvalue weighted by Crippen LogP contribution is 2.17. The molecule has 5 heteroatoms. The van der Waals surface area contributed by atoms with Crippen LogP contribution >= 0.6 is 0 Å². The van der Waals surface area contributed by atoms with E-state index in [1.165, 1.54) is 0 Å². The average Bonchev–Trinajstić information content (AvgIpc) is 2.78. The van der Waals surface area contributed by atoms with Gasteiger partial charge in [-0.05, 0) is 47.5 Å². The minimum absolute atomic E-state index is 0.148. The first-order valence-electron chi connectivity index (χ1n) is 7.24. The van der Waals surface area contributed by atoms with Crippen molar-refractivity contribution < 1.29 is 9.53 Å². The third kappa shape index (κ3) is 4.44. The Bertz CT molecular complexity index is 296. The summed E-state index contributed by atoms with van der Waals surface area (Å²) in [7, 11) is 4.23. The average molecular weight is 271 g/mol. The van der Waals surface area contributed by atoms with Gasteiger partial charge in [-0.3, -0.25) is 9.69 Å². The van der Waals surface area contributed by atoms with E-state index in [1.54, 1.807) is 0 Å². The van der Waals surface area contributed by atoms with Crippen molar-refractivity contribution in [1.82, 2.24) is 15.1 Å². The second kappa shape index (κ2) is 7.22. The summed E-state index contributed by atoms with van der Waals surface area (Å²) in [6.45, 7) is 9.78. The molecule has 0 saturated carbocycles. The zero-order valence-electron chi connectivity index (χ0n) is 13.0. The third-order valence-electron chi connectivity index (χ3n) is 3.81.